The van der Waals surface area contributed by atoms with Crippen molar-refractivity contribution in [1.82, 2.24) is 10.6 Å². The van der Waals surface area contributed by atoms with Crippen molar-refractivity contribution >= 4 is 17.9 Å². The molecule has 2 rings (SSSR count). The average molecular weight is 212 g/mol. The van der Waals surface area contributed by atoms with Gasteiger partial charge in [-0.15, -0.1) is 0 Å². The Kier molecular flexibility index (Phi) is 2.13. The number of esters is 1. The minimum absolute atomic E-state index is 0.292. The number of hydrogen-bond acceptors (Lipinski definition) is 4. The molecule has 2 unspecified atom stereocenters. The molecule has 1 aliphatic carbocycles. The maximum absolute atomic E-state index is 11.5. The van der Waals surface area contributed by atoms with E-state index in [4.69, 9.17) is 0 Å². The van der Waals surface area contributed by atoms with Crippen LogP contribution in [0.2, 0.25) is 0 Å². The first kappa shape index (κ1) is 9.95. The second-order valence-electron chi connectivity index (χ2n) is 3.95. The van der Waals surface area contributed by atoms with Crippen LogP contribution in [0.3, 0.4) is 0 Å². The summed E-state index contributed by atoms with van der Waals surface area (Å²) in [7, 11) is 1.32. The van der Waals surface area contributed by atoms with E-state index < -0.39 is 11.6 Å². The molecule has 1 saturated heterocycles. The monoisotopic (exact) mass is 212 g/mol. The SMILES string of the molecule is COC(=O)C1CCC2(C1)NC(=O)NC2=O. The highest BCUT2D eigenvalue weighted by Gasteiger charge is 2.52. The predicted molar refractivity (Wildman–Crippen MR) is 48.8 cm³/mol. The number of carbonyl (C=O) groups is 3. The summed E-state index contributed by atoms with van der Waals surface area (Å²) in [6, 6.07) is -0.481. The highest BCUT2D eigenvalue weighted by atomic mass is 16.5. The van der Waals surface area contributed by atoms with Gasteiger partial charge in [-0.25, -0.2) is 4.79 Å². The fourth-order valence-corrected chi connectivity index (χ4v) is 2.26. The maximum atomic E-state index is 11.5. The summed E-state index contributed by atoms with van der Waals surface area (Å²) < 4.78 is 4.62. The number of rotatable bonds is 1. The third-order valence-corrected chi connectivity index (χ3v) is 3.06. The topological polar surface area (TPSA) is 84.5 Å². The van der Waals surface area contributed by atoms with E-state index in [0.717, 1.165) is 0 Å². The van der Waals surface area contributed by atoms with Gasteiger partial charge in [-0.05, 0) is 19.3 Å². The lowest BCUT2D eigenvalue weighted by Gasteiger charge is -2.18. The fraction of sp³-hybridized carbons (Fsp3) is 0.667. The molecule has 2 aliphatic rings. The van der Waals surface area contributed by atoms with E-state index in [-0.39, 0.29) is 17.8 Å². The molecule has 3 amide bonds. The molecular weight excluding hydrogens is 200 g/mol. The van der Waals surface area contributed by atoms with Crippen LogP contribution in [0.1, 0.15) is 19.3 Å². The molecule has 2 atom stereocenters. The van der Waals surface area contributed by atoms with E-state index in [0.29, 0.717) is 19.3 Å². The van der Waals surface area contributed by atoms with Crippen molar-refractivity contribution in [3.05, 3.63) is 0 Å². The molecule has 1 saturated carbocycles. The maximum Gasteiger partial charge on any atom is 0.322 e. The molecule has 2 N–H and O–H groups in total. The Bertz CT molecular complexity index is 341. The van der Waals surface area contributed by atoms with E-state index >= 15 is 0 Å². The Morgan fingerprint density at radius 2 is 2.27 bits per heavy atom. The molecule has 1 aliphatic heterocycles. The summed E-state index contributed by atoms with van der Waals surface area (Å²) in [6.45, 7) is 0. The number of carbonyl (C=O) groups excluding carboxylic acids is 3. The zero-order chi connectivity index (χ0) is 11.1. The van der Waals surface area contributed by atoms with Gasteiger partial charge in [0.25, 0.3) is 5.91 Å². The molecule has 2 fully saturated rings. The van der Waals surface area contributed by atoms with E-state index in [2.05, 4.69) is 15.4 Å². The van der Waals surface area contributed by atoms with Crippen LogP contribution in [-0.2, 0) is 14.3 Å². The second-order valence-corrected chi connectivity index (χ2v) is 3.95. The smallest absolute Gasteiger partial charge is 0.322 e. The van der Waals surface area contributed by atoms with Crippen LogP contribution in [0.5, 0.6) is 0 Å². The van der Waals surface area contributed by atoms with Crippen molar-refractivity contribution < 1.29 is 19.1 Å². The zero-order valence-electron chi connectivity index (χ0n) is 8.33. The highest BCUT2D eigenvalue weighted by molar-refractivity contribution is 6.07. The van der Waals surface area contributed by atoms with Crippen LogP contribution in [0.25, 0.3) is 0 Å². The minimum atomic E-state index is -0.879. The van der Waals surface area contributed by atoms with Crippen LogP contribution >= 0.6 is 0 Å². The lowest BCUT2D eigenvalue weighted by atomic mass is 9.96. The molecule has 1 spiro atoms. The molecule has 1 heterocycles. The zero-order valence-corrected chi connectivity index (χ0v) is 8.33. The number of methoxy groups -OCH3 is 1. The third-order valence-electron chi connectivity index (χ3n) is 3.06. The van der Waals surface area contributed by atoms with Crippen molar-refractivity contribution in [2.45, 2.75) is 24.8 Å². The molecule has 0 aromatic heterocycles. The quantitative estimate of drug-likeness (QED) is 0.455. The minimum Gasteiger partial charge on any atom is -0.469 e. The molecule has 15 heavy (non-hydrogen) atoms. The molecule has 0 bridgehead atoms. The summed E-state index contributed by atoms with van der Waals surface area (Å²) in [6.07, 6.45) is 1.39. The van der Waals surface area contributed by atoms with Gasteiger partial charge in [0.1, 0.15) is 5.54 Å². The average Bonchev–Trinajstić information content (AvgIpc) is 2.72. The number of ether oxygens (including phenoxy) is 1. The Morgan fingerprint density at radius 1 is 1.53 bits per heavy atom. The molecule has 0 aromatic carbocycles. The van der Waals surface area contributed by atoms with Crippen molar-refractivity contribution in [3.8, 4) is 0 Å². The summed E-state index contributed by atoms with van der Waals surface area (Å²) in [5, 5.41) is 4.77. The molecule has 82 valence electrons. The molecule has 6 nitrogen and oxygen atoms in total. The van der Waals surface area contributed by atoms with Crippen LogP contribution in [-0.4, -0.2) is 30.6 Å². The van der Waals surface area contributed by atoms with Crippen molar-refractivity contribution in [2.75, 3.05) is 7.11 Å². The summed E-state index contributed by atoms with van der Waals surface area (Å²) in [4.78, 5) is 33.8. The van der Waals surface area contributed by atoms with E-state index in [1.165, 1.54) is 7.11 Å². The second kappa shape index (κ2) is 3.22. The molecule has 6 heteroatoms. The Balaban J connectivity index is 2.12. The normalized spacial score (nSPS) is 34.1. The van der Waals surface area contributed by atoms with Gasteiger partial charge in [0.05, 0.1) is 13.0 Å². The Morgan fingerprint density at radius 3 is 2.80 bits per heavy atom. The lowest BCUT2D eigenvalue weighted by molar-refractivity contribution is -0.145. The van der Waals surface area contributed by atoms with Gasteiger partial charge in [-0.1, -0.05) is 0 Å². The van der Waals surface area contributed by atoms with Gasteiger partial charge in [0.15, 0.2) is 0 Å². The highest BCUT2D eigenvalue weighted by Crippen LogP contribution is 2.37. The number of nitrogens with one attached hydrogen (secondary N) is 2. The van der Waals surface area contributed by atoms with Gasteiger partial charge in [-0.3, -0.25) is 14.9 Å². The molecular formula is C9H12N2O4. The van der Waals surface area contributed by atoms with Crippen LogP contribution in [0.15, 0.2) is 0 Å². The van der Waals surface area contributed by atoms with E-state index in [1.807, 2.05) is 0 Å². The lowest BCUT2D eigenvalue weighted by Crippen LogP contribution is -2.44. The Labute approximate surface area is 86.3 Å². The summed E-state index contributed by atoms with van der Waals surface area (Å²) >= 11 is 0. The van der Waals surface area contributed by atoms with Crippen molar-refractivity contribution in [2.24, 2.45) is 5.92 Å². The number of imide groups is 1. The van der Waals surface area contributed by atoms with Crippen LogP contribution in [0, 0.1) is 5.92 Å². The van der Waals surface area contributed by atoms with E-state index in [1.54, 1.807) is 0 Å². The van der Waals surface area contributed by atoms with Crippen molar-refractivity contribution in [1.29, 1.82) is 0 Å². The fourth-order valence-electron chi connectivity index (χ4n) is 2.26. The van der Waals surface area contributed by atoms with Gasteiger partial charge in [0, 0.05) is 0 Å². The van der Waals surface area contributed by atoms with Gasteiger partial charge in [0.2, 0.25) is 0 Å². The first-order valence-corrected chi connectivity index (χ1v) is 4.79. The number of hydrogen-bond donors (Lipinski definition) is 2. The van der Waals surface area contributed by atoms with Crippen LogP contribution in [0.4, 0.5) is 4.79 Å². The molecule has 0 radical (unpaired) electrons. The first-order valence-electron chi connectivity index (χ1n) is 4.79. The number of amides is 3. The van der Waals surface area contributed by atoms with Crippen LogP contribution < -0.4 is 10.6 Å². The van der Waals surface area contributed by atoms with Gasteiger partial charge < -0.3 is 10.1 Å². The largest absolute Gasteiger partial charge is 0.469 e. The number of urea groups is 1. The summed E-state index contributed by atoms with van der Waals surface area (Å²) in [5.41, 5.74) is -0.879. The van der Waals surface area contributed by atoms with Gasteiger partial charge in [-0.2, -0.15) is 0 Å². The molecule has 0 aromatic rings. The standard InChI is InChI=1S/C9H12N2O4/c1-15-6(12)5-2-3-9(4-5)7(13)10-8(14)11-9/h5H,2-4H2,1H3,(H2,10,11,13,14). The summed E-state index contributed by atoms with van der Waals surface area (Å²) in [5.74, 6) is -0.945. The van der Waals surface area contributed by atoms with Gasteiger partial charge >= 0.3 is 12.0 Å². The Hall–Kier alpha value is -1.59. The third kappa shape index (κ3) is 1.45. The predicted octanol–water partition coefficient (Wildman–Crippen LogP) is -0.462. The van der Waals surface area contributed by atoms with Crippen molar-refractivity contribution in [3.63, 3.8) is 0 Å². The first-order chi connectivity index (χ1) is 7.07. The van der Waals surface area contributed by atoms with E-state index in [9.17, 15) is 14.4 Å².